The van der Waals surface area contributed by atoms with Crippen LogP contribution in [0.2, 0.25) is 5.02 Å². The van der Waals surface area contributed by atoms with Crippen molar-refractivity contribution in [2.75, 3.05) is 6.54 Å². The molecule has 8 nitrogen and oxygen atoms in total. The summed E-state index contributed by atoms with van der Waals surface area (Å²) in [7, 11) is 0. The van der Waals surface area contributed by atoms with Crippen molar-refractivity contribution in [1.82, 2.24) is 16.0 Å². The number of carbonyl (C=O) groups is 4. The molecule has 4 rings (SSSR count). The van der Waals surface area contributed by atoms with Crippen molar-refractivity contribution >= 4 is 35.8 Å². The highest BCUT2D eigenvalue weighted by molar-refractivity contribution is 6.30. The summed E-state index contributed by atoms with van der Waals surface area (Å²) in [4.78, 5) is 51.0. The first-order valence-corrected chi connectivity index (χ1v) is 15.5. The van der Waals surface area contributed by atoms with E-state index in [-0.39, 0.29) is 24.2 Å². The molecule has 1 saturated carbocycles. The van der Waals surface area contributed by atoms with Crippen molar-refractivity contribution in [3.05, 3.63) is 70.5 Å². The predicted octanol–water partition coefficient (Wildman–Crippen LogP) is 5.77. The molecule has 2 aliphatic rings. The third-order valence-corrected chi connectivity index (χ3v) is 8.95. The summed E-state index contributed by atoms with van der Waals surface area (Å²) in [6, 6.07) is 11.2. The number of amides is 3. The fourth-order valence-electron chi connectivity index (χ4n) is 6.19. The molecule has 1 saturated heterocycles. The topological polar surface area (TPSA) is 114 Å². The molecule has 10 heteroatoms. The average Bonchev–Trinajstić information content (AvgIpc) is 3.40. The lowest BCUT2D eigenvalue weighted by Gasteiger charge is -2.35. The predicted molar refractivity (Wildman–Crippen MR) is 162 cm³/mol. The Bertz CT molecular complexity index is 1280. The van der Waals surface area contributed by atoms with Gasteiger partial charge in [0.15, 0.2) is 0 Å². The van der Waals surface area contributed by atoms with Gasteiger partial charge < -0.3 is 25.5 Å². The molecule has 4 atom stereocenters. The zero-order valence-electron chi connectivity index (χ0n) is 24.7. The van der Waals surface area contributed by atoms with E-state index in [1.165, 1.54) is 12.1 Å². The van der Waals surface area contributed by atoms with Gasteiger partial charge in [-0.05, 0) is 60.6 Å². The highest BCUT2D eigenvalue weighted by Crippen LogP contribution is 2.40. The Morgan fingerprint density at radius 2 is 1.79 bits per heavy atom. The van der Waals surface area contributed by atoms with Crippen LogP contribution in [0.1, 0.15) is 82.4 Å². The maximum absolute atomic E-state index is 13.8. The monoisotopic (exact) mass is 613 g/mol. The van der Waals surface area contributed by atoms with Crippen LogP contribution in [0.4, 0.5) is 9.18 Å². The normalized spacial score (nSPS) is 19.5. The van der Waals surface area contributed by atoms with Gasteiger partial charge >= 0.3 is 6.09 Å². The van der Waals surface area contributed by atoms with E-state index < -0.39 is 41.4 Å². The number of hydrogen-bond acceptors (Lipinski definition) is 5. The number of carbonyl (C=O) groups excluding carboxylic acids is 4. The van der Waals surface area contributed by atoms with Crippen molar-refractivity contribution in [1.29, 1.82) is 0 Å². The van der Waals surface area contributed by atoms with Crippen LogP contribution in [-0.2, 0) is 24.5 Å². The lowest BCUT2D eigenvalue weighted by atomic mass is 9.76. The molecule has 2 aromatic rings. The Hall–Kier alpha value is -3.46. The summed E-state index contributed by atoms with van der Waals surface area (Å²) in [5, 5.41) is 8.80. The van der Waals surface area contributed by atoms with E-state index in [1.807, 2.05) is 26.0 Å². The van der Waals surface area contributed by atoms with Crippen LogP contribution in [0.3, 0.4) is 0 Å². The lowest BCUT2D eigenvalue weighted by molar-refractivity contribution is -0.127. The molecule has 1 unspecified atom stereocenters. The Morgan fingerprint density at radius 3 is 2.42 bits per heavy atom. The van der Waals surface area contributed by atoms with Gasteiger partial charge in [0, 0.05) is 22.9 Å². The average molecular weight is 614 g/mol. The minimum atomic E-state index is -0.946. The fourth-order valence-corrected chi connectivity index (χ4v) is 6.38. The van der Waals surface area contributed by atoms with Gasteiger partial charge in [0.2, 0.25) is 11.8 Å². The van der Waals surface area contributed by atoms with Crippen LogP contribution < -0.4 is 16.0 Å². The maximum atomic E-state index is 13.8. The van der Waals surface area contributed by atoms with E-state index in [4.69, 9.17) is 16.3 Å². The second kappa shape index (κ2) is 14.8. The molecule has 2 aromatic carbocycles. The largest absolute Gasteiger partial charge is 0.440 e. The van der Waals surface area contributed by atoms with Crippen LogP contribution in [0.15, 0.2) is 48.5 Å². The van der Waals surface area contributed by atoms with Gasteiger partial charge in [0.25, 0.3) is 0 Å². The highest BCUT2D eigenvalue weighted by atomic mass is 35.5. The van der Waals surface area contributed by atoms with E-state index in [0.717, 1.165) is 37.7 Å². The van der Waals surface area contributed by atoms with Gasteiger partial charge in [-0.3, -0.25) is 9.59 Å². The molecule has 3 N–H and O–H groups in total. The molecule has 0 radical (unpaired) electrons. The second-order valence-electron chi connectivity index (χ2n) is 12.3. The molecule has 1 aliphatic carbocycles. The smallest absolute Gasteiger partial charge is 0.408 e. The molecule has 3 amide bonds. The molecule has 0 bridgehead atoms. The summed E-state index contributed by atoms with van der Waals surface area (Å²) in [6.45, 7) is 4.35. The molecule has 1 heterocycles. The first-order chi connectivity index (χ1) is 20.6. The third-order valence-electron chi connectivity index (χ3n) is 8.72. The number of rotatable bonds is 12. The molecular weight excluding hydrogens is 573 g/mol. The van der Waals surface area contributed by atoms with Crippen molar-refractivity contribution in [2.45, 2.75) is 88.8 Å². The molecule has 232 valence electrons. The number of benzene rings is 2. The minimum absolute atomic E-state index is 0.129. The molecule has 2 fully saturated rings. The second-order valence-corrected chi connectivity index (χ2v) is 12.7. The van der Waals surface area contributed by atoms with Crippen LogP contribution in [-0.4, -0.2) is 42.8 Å². The number of halogens is 2. The summed E-state index contributed by atoms with van der Waals surface area (Å²) in [5.74, 6) is -1.16. The van der Waals surface area contributed by atoms with Gasteiger partial charge in [0.1, 0.15) is 24.2 Å². The molecule has 0 spiro atoms. The van der Waals surface area contributed by atoms with E-state index in [9.17, 15) is 23.6 Å². The number of ether oxygens (including phenoxy) is 1. The van der Waals surface area contributed by atoms with Crippen LogP contribution in [0.25, 0.3) is 0 Å². The van der Waals surface area contributed by atoms with Crippen molar-refractivity contribution in [3.63, 3.8) is 0 Å². The molecule has 43 heavy (non-hydrogen) atoms. The van der Waals surface area contributed by atoms with Crippen LogP contribution >= 0.6 is 11.6 Å². The van der Waals surface area contributed by atoms with E-state index in [0.29, 0.717) is 36.3 Å². The van der Waals surface area contributed by atoms with E-state index in [2.05, 4.69) is 16.0 Å². The minimum Gasteiger partial charge on any atom is -0.440 e. The van der Waals surface area contributed by atoms with E-state index in [1.54, 1.807) is 24.3 Å². The van der Waals surface area contributed by atoms with Gasteiger partial charge in [-0.2, -0.15) is 0 Å². The summed E-state index contributed by atoms with van der Waals surface area (Å²) in [5.41, 5.74) is 0.597. The highest BCUT2D eigenvalue weighted by Gasteiger charge is 2.38. The summed E-state index contributed by atoms with van der Waals surface area (Å²) >= 11 is 6.28. The lowest BCUT2D eigenvalue weighted by Crippen LogP contribution is -2.52. The Morgan fingerprint density at radius 1 is 1.07 bits per heavy atom. The van der Waals surface area contributed by atoms with Crippen molar-refractivity contribution in [2.24, 2.45) is 11.8 Å². The van der Waals surface area contributed by atoms with Crippen molar-refractivity contribution in [3.8, 4) is 0 Å². The van der Waals surface area contributed by atoms with Gasteiger partial charge in [-0.1, -0.05) is 81.8 Å². The molecular formula is C33H41ClFN3O5. The number of aldehydes is 1. The summed E-state index contributed by atoms with van der Waals surface area (Å²) < 4.78 is 19.9. The molecule has 1 aliphatic heterocycles. The first kappa shape index (κ1) is 32.5. The maximum Gasteiger partial charge on any atom is 0.408 e. The van der Waals surface area contributed by atoms with Crippen molar-refractivity contribution < 1.29 is 28.3 Å². The number of alkyl carbamates (subject to hydrolysis) is 1. The Kier molecular flexibility index (Phi) is 11.2. The van der Waals surface area contributed by atoms with Gasteiger partial charge in [0.05, 0.1) is 6.04 Å². The first-order valence-electron chi connectivity index (χ1n) is 15.1. The fraction of sp³-hybridized carbons (Fsp3) is 0.515. The van der Waals surface area contributed by atoms with Crippen LogP contribution in [0.5, 0.6) is 0 Å². The zero-order valence-corrected chi connectivity index (χ0v) is 25.5. The Balaban J connectivity index is 1.54. The third kappa shape index (κ3) is 8.78. The number of hydrogen-bond donors (Lipinski definition) is 3. The Labute approximate surface area is 257 Å². The zero-order chi connectivity index (χ0) is 31.0. The standard InChI is InChI=1S/C33H41ClFN3O5/c1-33(2,24-9-6-10-25(34)19-24)29(22-11-13-26(35)14-12-22)43-32(42)38-28(17-21-7-4-3-5-8-21)31(41)37-27(20-39)18-23-15-16-36-30(23)40/h6,9-14,19-21,23,27-29H,3-5,7-8,15-18H2,1-2H3,(H,36,40)(H,37,41)(H,38,42)/t23-,27-,28-,29?/m0/s1. The van der Waals surface area contributed by atoms with Crippen LogP contribution in [0, 0.1) is 17.7 Å². The number of nitrogens with one attached hydrogen (secondary N) is 3. The van der Waals surface area contributed by atoms with E-state index >= 15 is 0 Å². The van der Waals surface area contributed by atoms with Gasteiger partial charge in [-0.25, -0.2) is 9.18 Å². The molecule has 0 aromatic heterocycles. The SMILES string of the molecule is CC(C)(c1cccc(Cl)c1)C(OC(=O)N[C@@H](CC1CCCCC1)C(=O)N[C@H](C=O)C[C@@H]1CCNC1=O)c1ccc(F)cc1. The summed E-state index contributed by atoms with van der Waals surface area (Å²) in [6.07, 6.45) is 5.30. The quantitative estimate of drug-likeness (QED) is 0.263. The van der Waals surface area contributed by atoms with Gasteiger partial charge in [-0.15, -0.1) is 0 Å².